The summed E-state index contributed by atoms with van der Waals surface area (Å²) in [5.74, 6) is -0.0675. The zero-order chi connectivity index (χ0) is 18.9. The minimum atomic E-state index is -0.537. The summed E-state index contributed by atoms with van der Waals surface area (Å²) in [7, 11) is 3.45. The van der Waals surface area contributed by atoms with Crippen LogP contribution in [-0.2, 0) is 4.79 Å². The van der Waals surface area contributed by atoms with Gasteiger partial charge in [-0.2, -0.15) is 5.10 Å². The SMILES string of the molecule is C/C(=N\NC(=O)Nc1ccccc1)C(NC1CCCCC1)C(=O)N(C)C. The molecular weight excluding hydrogens is 330 g/mol. The van der Waals surface area contributed by atoms with E-state index in [1.807, 2.05) is 18.2 Å². The second kappa shape index (κ2) is 9.91. The summed E-state index contributed by atoms with van der Waals surface area (Å²) < 4.78 is 0. The molecule has 7 nitrogen and oxygen atoms in total. The largest absolute Gasteiger partial charge is 0.347 e. The summed E-state index contributed by atoms with van der Waals surface area (Å²) in [6.45, 7) is 1.75. The monoisotopic (exact) mass is 359 g/mol. The second-order valence-electron chi connectivity index (χ2n) is 6.85. The van der Waals surface area contributed by atoms with Crippen LogP contribution in [-0.4, -0.2) is 48.7 Å². The fourth-order valence-corrected chi connectivity index (χ4v) is 3.02. The summed E-state index contributed by atoms with van der Waals surface area (Å²) in [4.78, 5) is 26.1. The standard InChI is InChI=1S/C19H29N5O2/c1-14(22-23-19(26)21-16-12-8-5-9-13-16)17(18(25)24(2)3)20-15-10-6-4-7-11-15/h5,8-9,12-13,15,17,20H,4,6-7,10-11H2,1-3H3,(H2,21,23,26)/b22-14+. The van der Waals surface area contributed by atoms with Crippen molar-refractivity contribution in [1.82, 2.24) is 15.6 Å². The van der Waals surface area contributed by atoms with Crippen molar-refractivity contribution in [2.45, 2.75) is 51.1 Å². The van der Waals surface area contributed by atoms with E-state index >= 15 is 0 Å². The van der Waals surface area contributed by atoms with E-state index in [1.54, 1.807) is 38.1 Å². The third kappa shape index (κ3) is 6.15. The van der Waals surface area contributed by atoms with Crippen molar-refractivity contribution in [2.75, 3.05) is 19.4 Å². The first-order chi connectivity index (χ1) is 12.5. The molecule has 26 heavy (non-hydrogen) atoms. The van der Waals surface area contributed by atoms with Crippen LogP contribution in [0.4, 0.5) is 10.5 Å². The molecular formula is C19H29N5O2. The van der Waals surface area contributed by atoms with Gasteiger partial charge in [-0.05, 0) is 31.9 Å². The van der Waals surface area contributed by atoms with E-state index in [2.05, 4.69) is 21.2 Å². The van der Waals surface area contributed by atoms with Gasteiger partial charge in [-0.15, -0.1) is 0 Å². The minimum absolute atomic E-state index is 0.0675. The minimum Gasteiger partial charge on any atom is -0.347 e. The first-order valence-electron chi connectivity index (χ1n) is 9.11. The molecule has 0 aromatic heterocycles. The fraction of sp³-hybridized carbons (Fsp3) is 0.526. The van der Waals surface area contributed by atoms with E-state index in [0.29, 0.717) is 17.4 Å². The molecule has 142 valence electrons. The van der Waals surface area contributed by atoms with Gasteiger partial charge >= 0.3 is 6.03 Å². The predicted molar refractivity (Wildman–Crippen MR) is 104 cm³/mol. The molecule has 2 rings (SSSR count). The lowest BCUT2D eigenvalue weighted by molar-refractivity contribution is -0.129. The Hall–Kier alpha value is -2.41. The normalized spacial score (nSPS) is 16.7. The lowest BCUT2D eigenvalue weighted by atomic mass is 9.94. The summed E-state index contributed by atoms with van der Waals surface area (Å²) >= 11 is 0. The number of nitrogens with zero attached hydrogens (tertiary/aromatic N) is 2. The highest BCUT2D eigenvalue weighted by Crippen LogP contribution is 2.18. The quantitative estimate of drug-likeness (QED) is 0.539. The first-order valence-corrected chi connectivity index (χ1v) is 9.11. The number of carbonyl (C=O) groups excluding carboxylic acids is 2. The molecule has 3 N–H and O–H groups in total. The van der Waals surface area contributed by atoms with Crippen molar-refractivity contribution < 1.29 is 9.59 Å². The Labute approximate surface area is 155 Å². The maximum atomic E-state index is 12.5. The van der Waals surface area contributed by atoms with E-state index in [-0.39, 0.29) is 5.91 Å². The maximum absolute atomic E-state index is 12.5. The number of carbonyl (C=O) groups is 2. The summed E-state index contributed by atoms with van der Waals surface area (Å²) in [5, 5.41) is 10.2. The van der Waals surface area contributed by atoms with Gasteiger partial charge < -0.3 is 10.2 Å². The van der Waals surface area contributed by atoms with Crippen LogP contribution in [0.2, 0.25) is 0 Å². The predicted octanol–water partition coefficient (Wildman–Crippen LogP) is 2.56. The van der Waals surface area contributed by atoms with Crippen LogP contribution >= 0.6 is 0 Å². The van der Waals surface area contributed by atoms with Gasteiger partial charge in [0.1, 0.15) is 6.04 Å². The van der Waals surface area contributed by atoms with E-state index in [4.69, 9.17) is 0 Å². The third-order valence-corrected chi connectivity index (χ3v) is 4.48. The molecule has 0 bridgehead atoms. The zero-order valence-electron chi connectivity index (χ0n) is 15.8. The van der Waals surface area contributed by atoms with E-state index in [9.17, 15) is 9.59 Å². The number of nitrogens with one attached hydrogen (secondary N) is 3. The summed E-state index contributed by atoms with van der Waals surface area (Å²) in [6, 6.07) is 8.46. The van der Waals surface area contributed by atoms with Gasteiger partial charge in [0, 0.05) is 25.8 Å². The number of hydrazone groups is 1. The van der Waals surface area contributed by atoms with E-state index in [0.717, 1.165) is 12.8 Å². The molecule has 3 amide bonds. The highest BCUT2D eigenvalue weighted by molar-refractivity contribution is 6.07. The average molecular weight is 359 g/mol. The Kier molecular flexibility index (Phi) is 7.59. The average Bonchev–Trinajstić information content (AvgIpc) is 2.65. The Balaban J connectivity index is 1.99. The van der Waals surface area contributed by atoms with Crippen LogP contribution in [0.1, 0.15) is 39.0 Å². The van der Waals surface area contributed by atoms with E-state index in [1.165, 1.54) is 19.3 Å². The lowest BCUT2D eigenvalue weighted by Crippen LogP contribution is -2.52. The smallest absolute Gasteiger partial charge is 0.339 e. The summed E-state index contributed by atoms with van der Waals surface area (Å²) in [6.07, 6.45) is 5.72. The van der Waals surface area contributed by atoms with Gasteiger partial charge in [0.2, 0.25) is 5.91 Å². The van der Waals surface area contributed by atoms with Gasteiger partial charge in [0.05, 0.1) is 5.71 Å². The number of amides is 3. The molecule has 0 saturated heterocycles. The number of benzene rings is 1. The highest BCUT2D eigenvalue weighted by Gasteiger charge is 2.27. The Bertz CT molecular complexity index is 624. The lowest BCUT2D eigenvalue weighted by Gasteiger charge is -2.29. The van der Waals surface area contributed by atoms with Crippen molar-refractivity contribution in [1.29, 1.82) is 0 Å². The number of hydrogen-bond donors (Lipinski definition) is 3. The second-order valence-corrected chi connectivity index (χ2v) is 6.85. The third-order valence-electron chi connectivity index (χ3n) is 4.48. The maximum Gasteiger partial charge on any atom is 0.339 e. The Morgan fingerprint density at radius 3 is 2.38 bits per heavy atom. The van der Waals surface area contributed by atoms with Gasteiger partial charge in [-0.3, -0.25) is 10.1 Å². The molecule has 1 atom stereocenters. The van der Waals surface area contributed by atoms with Gasteiger partial charge in [0.25, 0.3) is 0 Å². The van der Waals surface area contributed by atoms with Crippen LogP contribution in [0, 0.1) is 0 Å². The van der Waals surface area contributed by atoms with Crippen molar-refractivity contribution >= 4 is 23.3 Å². The van der Waals surface area contributed by atoms with Gasteiger partial charge in [0.15, 0.2) is 0 Å². The van der Waals surface area contributed by atoms with Crippen LogP contribution in [0.5, 0.6) is 0 Å². The van der Waals surface area contributed by atoms with Crippen LogP contribution in [0.3, 0.4) is 0 Å². The number of urea groups is 1. The molecule has 0 radical (unpaired) electrons. The van der Waals surface area contributed by atoms with Crippen LogP contribution in [0.15, 0.2) is 35.4 Å². The molecule has 1 fully saturated rings. The fourth-order valence-electron chi connectivity index (χ4n) is 3.02. The molecule has 0 spiro atoms. The summed E-state index contributed by atoms with van der Waals surface area (Å²) in [5.41, 5.74) is 3.69. The molecule has 1 unspecified atom stereocenters. The number of hydrogen-bond acceptors (Lipinski definition) is 4. The topological polar surface area (TPSA) is 85.8 Å². The number of likely N-dealkylation sites (N-methyl/N-ethyl adjacent to an activating group) is 1. The highest BCUT2D eigenvalue weighted by atomic mass is 16.2. The molecule has 7 heteroatoms. The molecule has 1 aromatic carbocycles. The number of anilines is 1. The Morgan fingerprint density at radius 2 is 1.77 bits per heavy atom. The number of rotatable bonds is 6. The molecule has 1 saturated carbocycles. The van der Waals surface area contributed by atoms with Crippen molar-refractivity contribution in [3.8, 4) is 0 Å². The van der Waals surface area contributed by atoms with Crippen molar-refractivity contribution in [3.63, 3.8) is 0 Å². The van der Waals surface area contributed by atoms with Crippen LogP contribution in [0.25, 0.3) is 0 Å². The van der Waals surface area contributed by atoms with Crippen molar-refractivity contribution in [2.24, 2.45) is 5.10 Å². The molecule has 0 aliphatic heterocycles. The number of para-hydroxylation sites is 1. The Morgan fingerprint density at radius 1 is 1.12 bits per heavy atom. The van der Waals surface area contributed by atoms with Crippen LogP contribution < -0.4 is 16.1 Å². The molecule has 1 aliphatic rings. The van der Waals surface area contributed by atoms with Crippen molar-refractivity contribution in [3.05, 3.63) is 30.3 Å². The van der Waals surface area contributed by atoms with Gasteiger partial charge in [-0.25, -0.2) is 10.2 Å². The molecule has 0 heterocycles. The van der Waals surface area contributed by atoms with Gasteiger partial charge in [-0.1, -0.05) is 37.5 Å². The molecule has 1 aromatic rings. The zero-order valence-corrected chi connectivity index (χ0v) is 15.8. The first kappa shape index (κ1) is 19.9. The van der Waals surface area contributed by atoms with E-state index < -0.39 is 12.1 Å². The molecule has 1 aliphatic carbocycles.